The summed E-state index contributed by atoms with van der Waals surface area (Å²) in [6.07, 6.45) is 1.46. The summed E-state index contributed by atoms with van der Waals surface area (Å²) in [6.45, 7) is 4.35. The summed E-state index contributed by atoms with van der Waals surface area (Å²) >= 11 is 7.76. The molecule has 1 aromatic heterocycles. The topological polar surface area (TPSA) is 59.5 Å². The number of carbonyl (C=O) groups excluding carboxylic acids is 2. The maximum Gasteiger partial charge on any atom is 0.329 e. The van der Waals surface area contributed by atoms with Crippen LogP contribution in [0.5, 0.6) is 0 Å². The lowest BCUT2D eigenvalue weighted by atomic mass is 10.2. The van der Waals surface area contributed by atoms with Crippen LogP contribution in [0.1, 0.15) is 23.0 Å². The summed E-state index contributed by atoms with van der Waals surface area (Å²) in [5.74, 6) is 0.695. The summed E-state index contributed by atoms with van der Waals surface area (Å²) in [5.41, 5.74) is 1.07. The molecule has 0 bridgehead atoms. The zero-order valence-corrected chi connectivity index (χ0v) is 13.5. The standard InChI is InChI=1S/C14H17ClN2O3S/c1-3-20-14(19)12-8-21-5-4-17(12)13(18)10-7-16-9(2)6-11(10)15/h6-7,12H,3-5,8H2,1-2H3. The van der Waals surface area contributed by atoms with Crippen molar-refractivity contribution < 1.29 is 14.3 Å². The molecule has 0 aromatic carbocycles. The number of carbonyl (C=O) groups is 2. The van der Waals surface area contributed by atoms with Crippen LogP contribution in [0.15, 0.2) is 12.3 Å². The molecule has 1 amide bonds. The van der Waals surface area contributed by atoms with Gasteiger partial charge in [-0.15, -0.1) is 0 Å². The molecule has 1 aliphatic rings. The van der Waals surface area contributed by atoms with E-state index < -0.39 is 6.04 Å². The van der Waals surface area contributed by atoms with Gasteiger partial charge in [0.1, 0.15) is 6.04 Å². The Balaban J connectivity index is 2.24. The van der Waals surface area contributed by atoms with E-state index in [1.165, 1.54) is 11.1 Å². The maximum atomic E-state index is 12.6. The lowest BCUT2D eigenvalue weighted by molar-refractivity contribution is -0.147. The van der Waals surface area contributed by atoms with E-state index in [-0.39, 0.29) is 11.9 Å². The normalized spacial score (nSPS) is 18.4. The van der Waals surface area contributed by atoms with E-state index in [0.717, 1.165) is 11.4 Å². The third kappa shape index (κ3) is 3.68. The van der Waals surface area contributed by atoms with Gasteiger partial charge in [0.25, 0.3) is 5.91 Å². The molecule has 1 aromatic rings. The third-order valence-electron chi connectivity index (χ3n) is 3.17. The van der Waals surface area contributed by atoms with E-state index >= 15 is 0 Å². The smallest absolute Gasteiger partial charge is 0.329 e. The van der Waals surface area contributed by atoms with Crippen LogP contribution >= 0.6 is 23.4 Å². The van der Waals surface area contributed by atoms with E-state index in [0.29, 0.717) is 29.5 Å². The number of aromatic nitrogens is 1. The van der Waals surface area contributed by atoms with Gasteiger partial charge < -0.3 is 9.64 Å². The molecule has 1 aliphatic heterocycles. The fraction of sp³-hybridized carbons (Fsp3) is 0.500. The van der Waals surface area contributed by atoms with Crippen LogP contribution in [0.2, 0.25) is 5.02 Å². The van der Waals surface area contributed by atoms with Gasteiger partial charge in [0.05, 0.1) is 17.2 Å². The molecule has 114 valence electrons. The van der Waals surface area contributed by atoms with Crippen molar-refractivity contribution in [3.05, 3.63) is 28.5 Å². The number of aryl methyl sites for hydroxylation is 1. The van der Waals surface area contributed by atoms with Gasteiger partial charge in [-0.3, -0.25) is 9.78 Å². The predicted octanol–water partition coefficient (Wildman–Crippen LogP) is 2.16. The molecule has 0 radical (unpaired) electrons. The third-order valence-corrected chi connectivity index (χ3v) is 4.50. The molecule has 1 unspecified atom stereocenters. The molecule has 5 nitrogen and oxygen atoms in total. The van der Waals surface area contributed by atoms with Crippen molar-refractivity contribution in [2.24, 2.45) is 0 Å². The van der Waals surface area contributed by atoms with Gasteiger partial charge in [-0.05, 0) is 19.9 Å². The summed E-state index contributed by atoms with van der Waals surface area (Å²) in [4.78, 5) is 30.3. The minimum Gasteiger partial charge on any atom is -0.464 e. The number of nitrogens with zero attached hydrogens (tertiary/aromatic N) is 2. The lowest BCUT2D eigenvalue weighted by Crippen LogP contribution is -2.51. The van der Waals surface area contributed by atoms with E-state index in [9.17, 15) is 9.59 Å². The first kappa shape index (κ1) is 16.1. The van der Waals surface area contributed by atoms with Gasteiger partial charge in [-0.2, -0.15) is 11.8 Å². The van der Waals surface area contributed by atoms with Crippen LogP contribution in [-0.2, 0) is 9.53 Å². The highest BCUT2D eigenvalue weighted by atomic mass is 35.5. The minimum atomic E-state index is -0.562. The minimum absolute atomic E-state index is 0.272. The summed E-state index contributed by atoms with van der Waals surface area (Å²) < 4.78 is 5.05. The Morgan fingerprint density at radius 1 is 1.57 bits per heavy atom. The number of halogens is 1. The molecular formula is C14H17ClN2O3S. The monoisotopic (exact) mass is 328 g/mol. The average Bonchev–Trinajstić information content (AvgIpc) is 2.47. The molecule has 0 spiro atoms. The van der Waals surface area contributed by atoms with Gasteiger partial charge in [0.15, 0.2) is 0 Å². The fourth-order valence-corrected chi connectivity index (χ4v) is 3.44. The van der Waals surface area contributed by atoms with E-state index in [4.69, 9.17) is 16.3 Å². The van der Waals surface area contributed by atoms with Crippen molar-refractivity contribution in [3.8, 4) is 0 Å². The second kappa shape index (κ2) is 7.13. The first-order valence-corrected chi connectivity index (χ1v) is 8.25. The molecule has 2 rings (SSSR count). The Morgan fingerprint density at radius 3 is 3.00 bits per heavy atom. The summed E-state index contributed by atoms with van der Waals surface area (Å²) in [6, 6.07) is 1.08. The van der Waals surface area contributed by atoms with Crippen molar-refractivity contribution in [1.82, 2.24) is 9.88 Å². The molecule has 1 saturated heterocycles. The highest BCUT2D eigenvalue weighted by Crippen LogP contribution is 2.23. The Hall–Kier alpha value is -1.27. The molecular weight excluding hydrogens is 312 g/mol. The van der Waals surface area contributed by atoms with E-state index in [2.05, 4.69) is 4.98 Å². The Labute approximate surface area is 133 Å². The zero-order chi connectivity index (χ0) is 15.4. The molecule has 0 saturated carbocycles. The van der Waals surface area contributed by atoms with Crippen molar-refractivity contribution in [3.63, 3.8) is 0 Å². The van der Waals surface area contributed by atoms with Gasteiger partial charge >= 0.3 is 5.97 Å². The Morgan fingerprint density at radius 2 is 2.33 bits per heavy atom. The summed E-state index contributed by atoms with van der Waals surface area (Å²) in [7, 11) is 0. The summed E-state index contributed by atoms with van der Waals surface area (Å²) in [5, 5.41) is 0.355. The number of hydrogen-bond acceptors (Lipinski definition) is 5. The first-order valence-electron chi connectivity index (χ1n) is 6.72. The number of hydrogen-bond donors (Lipinski definition) is 0. The molecule has 0 N–H and O–H groups in total. The van der Waals surface area contributed by atoms with Crippen molar-refractivity contribution in [1.29, 1.82) is 0 Å². The van der Waals surface area contributed by atoms with Crippen LogP contribution in [0.4, 0.5) is 0 Å². The van der Waals surface area contributed by atoms with E-state index in [1.54, 1.807) is 31.7 Å². The predicted molar refractivity (Wildman–Crippen MR) is 82.8 cm³/mol. The Bertz CT molecular complexity index is 553. The largest absolute Gasteiger partial charge is 0.464 e. The molecule has 1 atom stereocenters. The number of esters is 1. The van der Waals surface area contributed by atoms with Gasteiger partial charge in [-0.25, -0.2) is 4.79 Å². The fourth-order valence-electron chi connectivity index (χ4n) is 2.12. The molecule has 1 fully saturated rings. The highest BCUT2D eigenvalue weighted by Gasteiger charge is 2.34. The Kier molecular flexibility index (Phi) is 5.47. The number of amides is 1. The van der Waals surface area contributed by atoms with E-state index in [1.807, 2.05) is 0 Å². The molecule has 21 heavy (non-hydrogen) atoms. The van der Waals surface area contributed by atoms with Crippen molar-refractivity contribution in [2.75, 3.05) is 24.7 Å². The number of rotatable bonds is 3. The average molecular weight is 329 g/mol. The molecule has 0 aliphatic carbocycles. The second-order valence-electron chi connectivity index (χ2n) is 4.65. The highest BCUT2D eigenvalue weighted by molar-refractivity contribution is 7.99. The van der Waals surface area contributed by atoms with Gasteiger partial charge in [-0.1, -0.05) is 11.6 Å². The van der Waals surface area contributed by atoms with Crippen molar-refractivity contribution in [2.45, 2.75) is 19.9 Å². The maximum absolute atomic E-state index is 12.6. The lowest BCUT2D eigenvalue weighted by Gasteiger charge is -2.33. The van der Waals surface area contributed by atoms with Crippen LogP contribution < -0.4 is 0 Å². The SMILES string of the molecule is CCOC(=O)C1CSCCN1C(=O)c1cnc(C)cc1Cl. The number of thioether (sulfide) groups is 1. The van der Waals surface area contributed by atoms with Crippen LogP contribution in [0.3, 0.4) is 0 Å². The quantitative estimate of drug-likeness (QED) is 0.796. The van der Waals surface area contributed by atoms with Crippen LogP contribution in [0, 0.1) is 6.92 Å². The van der Waals surface area contributed by atoms with Crippen LogP contribution in [-0.4, -0.2) is 52.5 Å². The molecule has 2 heterocycles. The van der Waals surface area contributed by atoms with Gasteiger partial charge in [0.2, 0.25) is 0 Å². The molecule has 7 heteroatoms. The first-order chi connectivity index (χ1) is 10.0. The second-order valence-corrected chi connectivity index (χ2v) is 6.20. The van der Waals surface area contributed by atoms with Gasteiger partial charge in [0, 0.05) is 29.9 Å². The zero-order valence-electron chi connectivity index (χ0n) is 12.0. The number of ether oxygens (including phenoxy) is 1. The number of pyridine rings is 1. The van der Waals surface area contributed by atoms with Crippen molar-refractivity contribution >= 4 is 35.2 Å². The van der Waals surface area contributed by atoms with Crippen LogP contribution in [0.25, 0.3) is 0 Å².